The molecule has 0 saturated heterocycles. The molecule has 2 N–H and O–H groups in total. The molecule has 0 saturated carbocycles. The van der Waals surface area contributed by atoms with Crippen LogP contribution in [-0.2, 0) is 9.53 Å². The van der Waals surface area contributed by atoms with E-state index in [4.69, 9.17) is 17.0 Å². The van der Waals surface area contributed by atoms with Gasteiger partial charge < -0.3 is 20.3 Å². The number of nitrogens with one attached hydrogen (secondary N) is 2. The van der Waals surface area contributed by atoms with Gasteiger partial charge in [-0.25, -0.2) is 4.79 Å². The van der Waals surface area contributed by atoms with Crippen molar-refractivity contribution in [2.24, 2.45) is 5.92 Å². The molecule has 6 nitrogen and oxygen atoms in total. The summed E-state index contributed by atoms with van der Waals surface area (Å²) in [5.41, 5.74) is 4.47. The number of benzene rings is 3. The highest BCUT2D eigenvalue weighted by Crippen LogP contribution is 2.44. The van der Waals surface area contributed by atoms with Gasteiger partial charge in [-0.2, -0.15) is 0 Å². The van der Waals surface area contributed by atoms with Crippen LogP contribution < -0.4 is 15.5 Å². The van der Waals surface area contributed by atoms with Crippen molar-refractivity contribution < 1.29 is 14.3 Å². The zero-order valence-corrected chi connectivity index (χ0v) is 24.0. The van der Waals surface area contributed by atoms with Crippen molar-refractivity contribution in [2.45, 2.75) is 51.6 Å². The van der Waals surface area contributed by atoms with E-state index in [1.165, 1.54) is 11.1 Å². The molecule has 3 aromatic carbocycles. The van der Waals surface area contributed by atoms with Crippen LogP contribution in [0.25, 0.3) is 11.1 Å². The van der Waals surface area contributed by atoms with Gasteiger partial charge in [-0.05, 0) is 54.2 Å². The van der Waals surface area contributed by atoms with Gasteiger partial charge in [0.1, 0.15) is 12.1 Å². The summed E-state index contributed by atoms with van der Waals surface area (Å²) in [7, 11) is 1.74. The molecule has 0 spiro atoms. The second-order valence-electron chi connectivity index (χ2n) is 10.6. The maximum atomic E-state index is 13.3. The van der Waals surface area contributed by atoms with Crippen LogP contribution in [0, 0.1) is 5.92 Å². The van der Waals surface area contributed by atoms with Gasteiger partial charge in [0.05, 0.1) is 11.0 Å². The third kappa shape index (κ3) is 6.14. The average molecular weight is 544 g/mol. The smallest absolute Gasteiger partial charge is 0.407 e. The fourth-order valence-electron chi connectivity index (χ4n) is 5.10. The second-order valence-corrected chi connectivity index (χ2v) is 11.1. The predicted molar refractivity (Wildman–Crippen MR) is 161 cm³/mol. The number of fused-ring (bicyclic) bond motifs is 3. The van der Waals surface area contributed by atoms with Crippen LogP contribution >= 0.6 is 12.2 Å². The normalized spacial score (nSPS) is 14.0. The molecule has 3 aromatic rings. The molecule has 0 fully saturated rings. The number of amides is 2. The van der Waals surface area contributed by atoms with Crippen molar-refractivity contribution >= 4 is 34.9 Å². The number of carbonyl (C=O) groups is 2. The summed E-state index contributed by atoms with van der Waals surface area (Å²) in [5.74, 6) is -0.135. The SMILES string of the molecule is CCC(C)[C@H](NC(=O)OCC1c2ccccc2-c2ccccc21)C(=S)NC(C)(C)C(=O)N(C)c1ccccc1. The fourth-order valence-corrected chi connectivity index (χ4v) is 5.64. The van der Waals surface area contributed by atoms with E-state index in [1.54, 1.807) is 25.8 Å². The molecule has 0 aliphatic heterocycles. The number of rotatable bonds is 9. The first-order valence-electron chi connectivity index (χ1n) is 13.4. The number of thiocarbonyl (C=S) groups is 1. The van der Waals surface area contributed by atoms with E-state index in [-0.39, 0.29) is 24.3 Å². The van der Waals surface area contributed by atoms with Crippen molar-refractivity contribution in [3.05, 3.63) is 90.0 Å². The van der Waals surface area contributed by atoms with E-state index in [1.807, 2.05) is 68.4 Å². The van der Waals surface area contributed by atoms with Crippen LogP contribution in [0.1, 0.15) is 51.2 Å². The maximum Gasteiger partial charge on any atom is 0.407 e. The molecule has 0 heterocycles. The Morgan fingerprint density at radius 1 is 0.949 bits per heavy atom. The fraction of sp³-hybridized carbons (Fsp3) is 0.344. The van der Waals surface area contributed by atoms with E-state index in [0.717, 1.165) is 23.2 Å². The Kier molecular flexibility index (Phi) is 8.70. The number of hydrogen-bond acceptors (Lipinski definition) is 4. The molecule has 0 aromatic heterocycles. The molecule has 2 atom stereocenters. The van der Waals surface area contributed by atoms with Gasteiger partial charge in [0.15, 0.2) is 0 Å². The minimum absolute atomic E-state index is 0.0275. The van der Waals surface area contributed by atoms with Crippen molar-refractivity contribution in [3.63, 3.8) is 0 Å². The largest absolute Gasteiger partial charge is 0.449 e. The molecular weight excluding hydrogens is 506 g/mol. The first-order chi connectivity index (χ1) is 18.6. The molecule has 0 radical (unpaired) electrons. The quantitative estimate of drug-likeness (QED) is 0.310. The van der Waals surface area contributed by atoms with Gasteiger partial charge in [0.2, 0.25) is 0 Å². The monoisotopic (exact) mass is 543 g/mol. The van der Waals surface area contributed by atoms with Gasteiger partial charge >= 0.3 is 6.09 Å². The lowest BCUT2D eigenvalue weighted by atomic mass is 9.96. The summed E-state index contributed by atoms with van der Waals surface area (Å²) < 4.78 is 5.78. The Bertz CT molecular complexity index is 1300. The summed E-state index contributed by atoms with van der Waals surface area (Å²) >= 11 is 5.75. The van der Waals surface area contributed by atoms with Crippen LogP contribution in [0.3, 0.4) is 0 Å². The van der Waals surface area contributed by atoms with Crippen LogP contribution in [0.2, 0.25) is 0 Å². The lowest BCUT2D eigenvalue weighted by molar-refractivity contribution is -0.122. The first-order valence-corrected chi connectivity index (χ1v) is 13.8. The molecule has 1 unspecified atom stereocenters. The van der Waals surface area contributed by atoms with Crippen LogP contribution in [-0.4, -0.2) is 42.2 Å². The Balaban J connectivity index is 1.42. The van der Waals surface area contributed by atoms with Gasteiger partial charge in [-0.15, -0.1) is 0 Å². The Morgan fingerprint density at radius 2 is 1.49 bits per heavy atom. The van der Waals surface area contributed by atoms with Crippen molar-refractivity contribution in [1.29, 1.82) is 0 Å². The first kappa shape index (κ1) is 28.3. The van der Waals surface area contributed by atoms with Crippen molar-refractivity contribution in [2.75, 3.05) is 18.6 Å². The summed E-state index contributed by atoms with van der Waals surface area (Å²) in [6, 6.07) is 25.4. The van der Waals surface area contributed by atoms with Crippen LogP contribution in [0.4, 0.5) is 10.5 Å². The molecule has 4 rings (SSSR count). The maximum absolute atomic E-state index is 13.3. The minimum Gasteiger partial charge on any atom is -0.449 e. The standard InChI is InChI=1S/C32H37N3O3S/c1-6-21(2)28(29(39)34-32(3,4)30(36)35(5)22-14-8-7-9-15-22)33-31(37)38-20-27-25-18-12-10-16-23(25)24-17-11-13-19-26(24)27/h7-19,21,27-28H,6,20H2,1-5H3,(H,33,37)(H,34,39)/t21?,28-/m0/s1. The number of ether oxygens (including phenoxy) is 1. The summed E-state index contributed by atoms with van der Waals surface area (Å²) in [5, 5.41) is 6.19. The molecule has 204 valence electrons. The predicted octanol–water partition coefficient (Wildman–Crippen LogP) is 6.30. The lowest BCUT2D eigenvalue weighted by Gasteiger charge is -2.34. The third-order valence-corrected chi connectivity index (χ3v) is 7.89. The van der Waals surface area contributed by atoms with E-state index in [0.29, 0.717) is 4.99 Å². The zero-order valence-electron chi connectivity index (χ0n) is 23.2. The summed E-state index contributed by atoms with van der Waals surface area (Å²) in [4.78, 5) is 28.4. The molecule has 7 heteroatoms. The topological polar surface area (TPSA) is 70.7 Å². The van der Waals surface area contributed by atoms with Crippen molar-refractivity contribution in [1.82, 2.24) is 10.6 Å². The average Bonchev–Trinajstić information content (AvgIpc) is 3.27. The zero-order chi connectivity index (χ0) is 28.2. The number of para-hydroxylation sites is 1. The van der Waals surface area contributed by atoms with Gasteiger partial charge in [0.25, 0.3) is 5.91 Å². The number of anilines is 1. The molecule has 0 bridgehead atoms. The number of likely N-dealkylation sites (N-methyl/N-ethyl adjacent to an activating group) is 1. The molecule has 1 aliphatic carbocycles. The Hall–Kier alpha value is -3.71. The highest BCUT2D eigenvalue weighted by Gasteiger charge is 2.35. The minimum atomic E-state index is -0.990. The second kappa shape index (κ2) is 12.0. The number of hydrogen-bond donors (Lipinski definition) is 2. The molecule has 39 heavy (non-hydrogen) atoms. The summed E-state index contributed by atoms with van der Waals surface area (Å²) in [6.07, 6.45) is 0.255. The Labute approximate surface area is 236 Å². The molecular formula is C32H37N3O3S. The van der Waals surface area contributed by atoms with Crippen LogP contribution in [0.5, 0.6) is 0 Å². The number of carbonyl (C=O) groups excluding carboxylic acids is 2. The van der Waals surface area contributed by atoms with E-state index in [9.17, 15) is 9.59 Å². The highest BCUT2D eigenvalue weighted by molar-refractivity contribution is 7.80. The third-order valence-electron chi connectivity index (χ3n) is 7.53. The lowest BCUT2D eigenvalue weighted by Crippen LogP contribution is -2.60. The van der Waals surface area contributed by atoms with Gasteiger partial charge in [-0.1, -0.05) is 99.2 Å². The highest BCUT2D eigenvalue weighted by atomic mass is 32.1. The van der Waals surface area contributed by atoms with Crippen LogP contribution in [0.15, 0.2) is 78.9 Å². The summed E-state index contributed by atoms with van der Waals surface area (Å²) in [6.45, 7) is 7.87. The van der Waals surface area contributed by atoms with Crippen molar-refractivity contribution in [3.8, 4) is 11.1 Å². The molecule has 1 aliphatic rings. The molecule has 2 amide bonds. The van der Waals surface area contributed by atoms with E-state index < -0.39 is 17.7 Å². The van der Waals surface area contributed by atoms with Gasteiger partial charge in [-0.3, -0.25) is 4.79 Å². The van der Waals surface area contributed by atoms with E-state index in [2.05, 4.69) is 34.9 Å². The van der Waals surface area contributed by atoms with Gasteiger partial charge in [0, 0.05) is 18.7 Å². The number of alkyl carbamates (subject to hydrolysis) is 1. The van der Waals surface area contributed by atoms with E-state index >= 15 is 0 Å². The number of nitrogens with zero attached hydrogens (tertiary/aromatic N) is 1. The Morgan fingerprint density at radius 3 is 2.05 bits per heavy atom.